The van der Waals surface area contributed by atoms with Crippen LogP contribution in [0.3, 0.4) is 0 Å². The minimum Gasteiger partial charge on any atom is -0.455 e. The maximum absolute atomic E-state index is 13.1. The minimum absolute atomic E-state index is 0.0211. The molecule has 2 aromatic heterocycles. The number of nitrogens with zero attached hydrogens (tertiary/aromatic N) is 4. The Morgan fingerprint density at radius 3 is 2.62 bits per heavy atom. The largest absolute Gasteiger partial charge is 0.455 e. The summed E-state index contributed by atoms with van der Waals surface area (Å²) < 4.78 is 39.2. The van der Waals surface area contributed by atoms with Gasteiger partial charge in [-0.15, -0.1) is 0 Å². The molecule has 1 fully saturated rings. The van der Waals surface area contributed by atoms with Crippen molar-refractivity contribution >= 4 is 27.3 Å². The van der Waals surface area contributed by atoms with Crippen LogP contribution < -0.4 is 4.90 Å². The van der Waals surface area contributed by atoms with Crippen LogP contribution in [0.4, 0.5) is 5.69 Å². The molecule has 3 heterocycles. The van der Waals surface area contributed by atoms with Gasteiger partial charge in [-0.2, -0.15) is 0 Å². The number of rotatable bonds is 6. The van der Waals surface area contributed by atoms with Crippen molar-refractivity contribution in [3.05, 3.63) is 59.5 Å². The monoisotopic (exact) mass is 458 g/mol. The van der Waals surface area contributed by atoms with Crippen LogP contribution in [0.15, 0.2) is 47.6 Å². The molecule has 170 valence electrons. The first-order valence-electron chi connectivity index (χ1n) is 10.3. The SMILES string of the molecule is Cc1ccc2nc(COC(=O)c3cc(S(=O)(=O)N(C)C)ccc3N3CCOCC3)cn2c1. The highest BCUT2D eigenvalue weighted by Crippen LogP contribution is 2.27. The third-order valence-electron chi connectivity index (χ3n) is 5.32. The highest BCUT2D eigenvalue weighted by Gasteiger charge is 2.25. The van der Waals surface area contributed by atoms with Crippen LogP contribution in [-0.4, -0.2) is 68.5 Å². The van der Waals surface area contributed by atoms with Gasteiger partial charge in [-0.05, 0) is 36.8 Å². The van der Waals surface area contributed by atoms with E-state index in [0.717, 1.165) is 15.5 Å². The average molecular weight is 459 g/mol. The highest BCUT2D eigenvalue weighted by atomic mass is 32.2. The molecule has 32 heavy (non-hydrogen) atoms. The fraction of sp³-hybridized carbons (Fsp3) is 0.364. The number of imidazole rings is 1. The second-order valence-electron chi connectivity index (χ2n) is 7.85. The second-order valence-corrected chi connectivity index (χ2v) is 10.00. The smallest absolute Gasteiger partial charge is 0.340 e. The number of esters is 1. The molecule has 4 rings (SSSR count). The Bertz CT molecular complexity index is 1250. The molecule has 3 aromatic rings. The van der Waals surface area contributed by atoms with Gasteiger partial charge in [0.15, 0.2) is 0 Å². The molecule has 0 spiro atoms. The van der Waals surface area contributed by atoms with Crippen LogP contribution in [0.2, 0.25) is 0 Å². The summed E-state index contributed by atoms with van der Waals surface area (Å²) in [6, 6.07) is 8.42. The number of ether oxygens (including phenoxy) is 2. The number of sulfonamides is 1. The van der Waals surface area contributed by atoms with Crippen LogP contribution >= 0.6 is 0 Å². The number of carbonyl (C=O) groups is 1. The zero-order chi connectivity index (χ0) is 22.9. The van der Waals surface area contributed by atoms with E-state index in [4.69, 9.17) is 9.47 Å². The van der Waals surface area contributed by atoms with Crippen molar-refractivity contribution in [3.8, 4) is 0 Å². The lowest BCUT2D eigenvalue weighted by molar-refractivity contribution is 0.0468. The van der Waals surface area contributed by atoms with E-state index >= 15 is 0 Å². The van der Waals surface area contributed by atoms with E-state index in [1.807, 2.05) is 40.8 Å². The topological polar surface area (TPSA) is 93.4 Å². The fourth-order valence-corrected chi connectivity index (χ4v) is 4.50. The summed E-state index contributed by atoms with van der Waals surface area (Å²) >= 11 is 0. The predicted molar refractivity (Wildman–Crippen MR) is 119 cm³/mol. The Morgan fingerprint density at radius 1 is 1.16 bits per heavy atom. The standard InChI is InChI=1S/C22H26N4O5S/c1-16-4-7-21-23-17(14-26(21)13-16)15-31-22(27)19-12-18(32(28,29)24(2)3)5-6-20(19)25-8-10-30-11-9-25/h4-7,12-14H,8-11,15H2,1-3H3. The summed E-state index contributed by atoms with van der Waals surface area (Å²) in [6.07, 6.45) is 3.76. The van der Waals surface area contributed by atoms with E-state index in [-0.39, 0.29) is 17.1 Å². The van der Waals surface area contributed by atoms with Crippen molar-refractivity contribution < 1.29 is 22.7 Å². The molecule has 1 aliphatic rings. The molecular formula is C22H26N4O5S. The Morgan fingerprint density at radius 2 is 1.91 bits per heavy atom. The maximum atomic E-state index is 13.1. The average Bonchev–Trinajstić information content (AvgIpc) is 3.19. The summed E-state index contributed by atoms with van der Waals surface area (Å²) in [4.78, 5) is 19.6. The molecule has 1 saturated heterocycles. The van der Waals surface area contributed by atoms with Crippen LogP contribution in [0.25, 0.3) is 5.65 Å². The number of aromatic nitrogens is 2. The van der Waals surface area contributed by atoms with Crippen LogP contribution in [-0.2, 0) is 26.1 Å². The molecule has 0 atom stereocenters. The summed E-state index contributed by atoms with van der Waals surface area (Å²) in [5.74, 6) is -0.601. The first kappa shape index (κ1) is 22.3. The lowest BCUT2D eigenvalue weighted by Crippen LogP contribution is -2.37. The number of hydrogen-bond acceptors (Lipinski definition) is 7. The number of aryl methyl sites for hydroxylation is 1. The Balaban J connectivity index is 1.62. The third-order valence-corrected chi connectivity index (χ3v) is 7.13. The molecule has 0 bridgehead atoms. The molecule has 1 aliphatic heterocycles. The molecule has 0 N–H and O–H groups in total. The molecule has 0 amide bonds. The number of fused-ring (bicyclic) bond motifs is 1. The molecule has 0 aliphatic carbocycles. The minimum atomic E-state index is -3.70. The Hall–Kier alpha value is -2.95. The summed E-state index contributed by atoms with van der Waals surface area (Å²) in [5.41, 5.74) is 3.28. The van der Waals surface area contributed by atoms with Crippen LogP contribution in [0.1, 0.15) is 21.6 Å². The Kier molecular flexibility index (Phi) is 6.18. The van der Waals surface area contributed by atoms with Gasteiger partial charge >= 0.3 is 5.97 Å². The quantitative estimate of drug-likeness (QED) is 0.522. The van der Waals surface area contributed by atoms with Gasteiger partial charge in [0.05, 0.1) is 35.1 Å². The van der Waals surface area contributed by atoms with Gasteiger partial charge in [0.1, 0.15) is 12.3 Å². The first-order chi connectivity index (χ1) is 15.3. The van der Waals surface area contributed by atoms with E-state index in [9.17, 15) is 13.2 Å². The number of hydrogen-bond donors (Lipinski definition) is 0. The second kappa shape index (κ2) is 8.89. The molecule has 9 nitrogen and oxygen atoms in total. The van der Waals surface area contributed by atoms with Crippen molar-refractivity contribution in [1.29, 1.82) is 0 Å². The molecule has 0 radical (unpaired) electrons. The van der Waals surface area contributed by atoms with Crippen molar-refractivity contribution in [2.24, 2.45) is 0 Å². The zero-order valence-corrected chi connectivity index (χ0v) is 19.1. The van der Waals surface area contributed by atoms with Gasteiger partial charge in [0.25, 0.3) is 0 Å². The van der Waals surface area contributed by atoms with Gasteiger partial charge in [-0.3, -0.25) is 0 Å². The summed E-state index contributed by atoms with van der Waals surface area (Å²) in [5, 5.41) is 0. The van der Waals surface area contributed by atoms with E-state index in [1.54, 1.807) is 6.07 Å². The van der Waals surface area contributed by atoms with Crippen molar-refractivity contribution in [3.63, 3.8) is 0 Å². The number of morpholine rings is 1. The van der Waals surface area contributed by atoms with Crippen LogP contribution in [0, 0.1) is 6.92 Å². The molecule has 1 aromatic carbocycles. The van der Waals surface area contributed by atoms with E-state index in [0.29, 0.717) is 37.7 Å². The molecule has 0 unspecified atom stereocenters. The van der Waals surface area contributed by atoms with Gasteiger partial charge < -0.3 is 18.8 Å². The Labute approximate surface area is 187 Å². The van der Waals surface area contributed by atoms with Gasteiger partial charge in [0.2, 0.25) is 10.0 Å². The summed E-state index contributed by atoms with van der Waals surface area (Å²) in [6.45, 7) is 4.24. The fourth-order valence-electron chi connectivity index (χ4n) is 3.57. The normalized spacial score (nSPS) is 14.8. The molecule has 10 heteroatoms. The first-order valence-corrected chi connectivity index (χ1v) is 11.7. The lowest BCUT2D eigenvalue weighted by Gasteiger charge is -2.30. The predicted octanol–water partition coefficient (Wildman–Crippen LogP) is 2.09. The van der Waals surface area contributed by atoms with Gasteiger partial charge in [-0.25, -0.2) is 22.5 Å². The zero-order valence-electron chi connectivity index (χ0n) is 18.3. The maximum Gasteiger partial charge on any atom is 0.340 e. The summed E-state index contributed by atoms with van der Waals surface area (Å²) in [7, 11) is -0.797. The third kappa shape index (κ3) is 4.47. The molecule has 0 saturated carbocycles. The van der Waals surface area contributed by atoms with Crippen LogP contribution in [0.5, 0.6) is 0 Å². The van der Waals surface area contributed by atoms with Crippen molar-refractivity contribution in [2.45, 2.75) is 18.4 Å². The highest BCUT2D eigenvalue weighted by molar-refractivity contribution is 7.89. The van der Waals surface area contributed by atoms with Gasteiger partial charge in [0, 0.05) is 39.6 Å². The number of carbonyl (C=O) groups excluding carboxylic acids is 1. The van der Waals surface area contributed by atoms with E-state index in [1.165, 1.54) is 26.2 Å². The van der Waals surface area contributed by atoms with Crippen molar-refractivity contribution in [1.82, 2.24) is 13.7 Å². The number of benzene rings is 1. The van der Waals surface area contributed by atoms with Gasteiger partial charge in [-0.1, -0.05) is 6.07 Å². The number of pyridine rings is 1. The van der Waals surface area contributed by atoms with E-state index in [2.05, 4.69) is 4.98 Å². The lowest BCUT2D eigenvalue weighted by atomic mass is 10.1. The van der Waals surface area contributed by atoms with E-state index < -0.39 is 16.0 Å². The number of anilines is 1. The molecular weight excluding hydrogens is 432 g/mol. The van der Waals surface area contributed by atoms with Crippen molar-refractivity contribution in [2.75, 3.05) is 45.3 Å².